The van der Waals surface area contributed by atoms with Gasteiger partial charge in [0.25, 0.3) is 0 Å². The van der Waals surface area contributed by atoms with Gasteiger partial charge in [0.1, 0.15) is 5.82 Å². The number of benzene rings is 1. The molecule has 0 radical (unpaired) electrons. The van der Waals surface area contributed by atoms with Crippen molar-refractivity contribution in [1.82, 2.24) is 4.98 Å². The van der Waals surface area contributed by atoms with Crippen LogP contribution in [0.3, 0.4) is 0 Å². The summed E-state index contributed by atoms with van der Waals surface area (Å²) in [7, 11) is 0. The molecule has 0 amide bonds. The van der Waals surface area contributed by atoms with Gasteiger partial charge in [0.2, 0.25) is 0 Å². The molecule has 0 unspecified atom stereocenters. The lowest BCUT2D eigenvalue weighted by atomic mass is 10.00. The van der Waals surface area contributed by atoms with E-state index in [1.165, 1.54) is 11.1 Å². The first kappa shape index (κ1) is 12.2. The summed E-state index contributed by atoms with van der Waals surface area (Å²) in [5.41, 5.74) is 9.95. The predicted molar refractivity (Wildman–Crippen MR) is 78.0 cm³/mol. The molecule has 3 heteroatoms. The summed E-state index contributed by atoms with van der Waals surface area (Å²) < 4.78 is 0. The van der Waals surface area contributed by atoms with Crippen molar-refractivity contribution in [2.45, 2.75) is 25.9 Å². The Kier molecular flexibility index (Phi) is 3.22. The zero-order valence-electron chi connectivity index (χ0n) is 11.2. The highest BCUT2D eigenvalue weighted by molar-refractivity contribution is 5.46. The van der Waals surface area contributed by atoms with E-state index in [9.17, 15) is 0 Å². The molecule has 19 heavy (non-hydrogen) atoms. The van der Waals surface area contributed by atoms with E-state index < -0.39 is 0 Å². The Bertz CT molecular complexity index is 578. The molecule has 1 atom stereocenters. The highest BCUT2D eigenvalue weighted by Crippen LogP contribution is 2.24. The van der Waals surface area contributed by atoms with E-state index in [-0.39, 0.29) is 6.04 Å². The van der Waals surface area contributed by atoms with Crippen LogP contribution in [0.2, 0.25) is 0 Å². The van der Waals surface area contributed by atoms with E-state index in [2.05, 4.69) is 40.2 Å². The Balaban J connectivity index is 1.87. The van der Waals surface area contributed by atoms with Gasteiger partial charge in [-0.05, 0) is 42.2 Å². The SMILES string of the molecule is C[C@H](N)c1ccnc(N2CCc3ccccc3C2)c1. The molecule has 1 aliphatic heterocycles. The van der Waals surface area contributed by atoms with Crippen molar-refractivity contribution in [3.63, 3.8) is 0 Å². The minimum Gasteiger partial charge on any atom is -0.352 e. The summed E-state index contributed by atoms with van der Waals surface area (Å²) in [5, 5.41) is 0. The molecule has 1 aromatic carbocycles. The van der Waals surface area contributed by atoms with Gasteiger partial charge in [-0.3, -0.25) is 0 Å². The summed E-state index contributed by atoms with van der Waals surface area (Å²) in [5.74, 6) is 1.03. The van der Waals surface area contributed by atoms with Crippen molar-refractivity contribution < 1.29 is 0 Å². The number of hydrogen-bond acceptors (Lipinski definition) is 3. The Morgan fingerprint density at radius 3 is 2.79 bits per heavy atom. The number of aromatic nitrogens is 1. The van der Waals surface area contributed by atoms with Gasteiger partial charge in [-0.15, -0.1) is 0 Å². The van der Waals surface area contributed by atoms with Crippen LogP contribution in [-0.2, 0) is 13.0 Å². The molecule has 98 valence electrons. The Labute approximate surface area is 114 Å². The lowest BCUT2D eigenvalue weighted by molar-refractivity contribution is 0.717. The third-order valence-corrected chi connectivity index (χ3v) is 3.75. The molecule has 0 aliphatic carbocycles. The maximum Gasteiger partial charge on any atom is 0.129 e. The maximum atomic E-state index is 5.94. The largest absolute Gasteiger partial charge is 0.352 e. The number of nitrogens with two attached hydrogens (primary N) is 1. The van der Waals surface area contributed by atoms with Crippen LogP contribution < -0.4 is 10.6 Å². The van der Waals surface area contributed by atoms with E-state index >= 15 is 0 Å². The quantitative estimate of drug-likeness (QED) is 0.894. The Hall–Kier alpha value is -1.87. The first-order valence-electron chi connectivity index (χ1n) is 6.77. The number of hydrogen-bond donors (Lipinski definition) is 1. The molecule has 0 spiro atoms. The highest BCUT2D eigenvalue weighted by Gasteiger charge is 2.17. The zero-order valence-corrected chi connectivity index (χ0v) is 11.2. The monoisotopic (exact) mass is 253 g/mol. The van der Waals surface area contributed by atoms with Crippen molar-refractivity contribution >= 4 is 5.82 Å². The fraction of sp³-hybridized carbons (Fsp3) is 0.312. The minimum atomic E-state index is 0.0545. The lowest BCUT2D eigenvalue weighted by Gasteiger charge is -2.30. The second kappa shape index (κ2) is 5.02. The normalized spacial score (nSPS) is 16.0. The van der Waals surface area contributed by atoms with Crippen LogP contribution in [-0.4, -0.2) is 11.5 Å². The second-order valence-corrected chi connectivity index (χ2v) is 5.18. The molecule has 1 aliphatic rings. The summed E-state index contributed by atoms with van der Waals surface area (Å²) >= 11 is 0. The van der Waals surface area contributed by atoms with Crippen LogP contribution in [0.4, 0.5) is 5.82 Å². The first-order chi connectivity index (χ1) is 9.24. The summed E-state index contributed by atoms with van der Waals surface area (Å²) in [6.45, 7) is 3.96. The molecule has 1 aromatic heterocycles. The number of anilines is 1. The molecule has 3 rings (SSSR count). The summed E-state index contributed by atoms with van der Waals surface area (Å²) in [4.78, 5) is 6.82. The fourth-order valence-electron chi connectivity index (χ4n) is 2.58. The molecule has 2 heterocycles. The summed E-state index contributed by atoms with van der Waals surface area (Å²) in [6, 6.07) is 12.8. The molecule has 3 nitrogen and oxygen atoms in total. The van der Waals surface area contributed by atoms with Crippen molar-refractivity contribution in [2.24, 2.45) is 5.73 Å². The first-order valence-corrected chi connectivity index (χ1v) is 6.77. The van der Waals surface area contributed by atoms with Gasteiger partial charge in [0.05, 0.1) is 0 Å². The molecule has 2 aromatic rings. The van der Waals surface area contributed by atoms with Crippen molar-refractivity contribution in [1.29, 1.82) is 0 Å². The number of rotatable bonds is 2. The molecular weight excluding hydrogens is 234 g/mol. The van der Waals surface area contributed by atoms with Gasteiger partial charge in [-0.2, -0.15) is 0 Å². The third kappa shape index (κ3) is 2.47. The predicted octanol–water partition coefficient (Wildman–Crippen LogP) is 2.66. The number of fused-ring (bicyclic) bond motifs is 1. The van der Waals surface area contributed by atoms with Crippen molar-refractivity contribution in [3.8, 4) is 0 Å². The van der Waals surface area contributed by atoms with Gasteiger partial charge in [0.15, 0.2) is 0 Å². The third-order valence-electron chi connectivity index (χ3n) is 3.75. The van der Waals surface area contributed by atoms with Crippen LogP contribution in [0.25, 0.3) is 0 Å². The van der Waals surface area contributed by atoms with E-state index in [4.69, 9.17) is 5.73 Å². The van der Waals surface area contributed by atoms with Crippen LogP contribution in [0, 0.1) is 0 Å². The van der Waals surface area contributed by atoms with Crippen LogP contribution in [0.5, 0.6) is 0 Å². The van der Waals surface area contributed by atoms with Gasteiger partial charge in [0, 0.05) is 25.3 Å². The van der Waals surface area contributed by atoms with E-state index in [1.807, 2.05) is 19.2 Å². The lowest BCUT2D eigenvalue weighted by Crippen LogP contribution is -2.31. The Morgan fingerprint density at radius 2 is 2.00 bits per heavy atom. The molecule has 0 bridgehead atoms. The number of nitrogens with zero attached hydrogens (tertiary/aromatic N) is 2. The van der Waals surface area contributed by atoms with E-state index in [0.717, 1.165) is 30.9 Å². The zero-order chi connectivity index (χ0) is 13.2. The average molecular weight is 253 g/mol. The molecule has 0 saturated carbocycles. The molecule has 0 saturated heterocycles. The smallest absolute Gasteiger partial charge is 0.129 e. The van der Waals surface area contributed by atoms with Crippen molar-refractivity contribution in [3.05, 3.63) is 59.3 Å². The standard InChI is InChI=1S/C16H19N3/c1-12(17)14-6-8-18-16(10-14)19-9-7-13-4-2-3-5-15(13)11-19/h2-6,8,10,12H,7,9,11,17H2,1H3/t12-/m0/s1. The highest BCUT2D eigenvalue weighted by atomic mass is 15.2. The average Bonchev–Trinajstić information content (AvgIpc) is 2.47. The van der Waals surface area contributed by atoms with Gasteiger partial charge in [-0.1, -0.05) is 24.3 Å². The van der Waals surface area contributed by atoms with Crippen molar-refractivity contribution in [2.75, 3.05) is 11.4 Å². The molecular formula is C16H19N3. The molecule has 2 N–H and O–H groups in total. The Morgan fingerprint density at radius 1 is 1.21 bits per heavy atom. The van der Waals surface area contributed by atoms with E-state index in [0.29, 0.717) is 0 Å². The number of pyridine rings is 1. The topological polar surface area (TPSA) is 42.1 Å². The molecule has 0 fully saturated rings. The van der Waals surface area contributed by atoms with Gasteiger partial charge >= 0.3 is 0 Å². The second-order valence-electron chi connectivity index (χ2n) is 5.18. The van der Waals surface area contributed by atoms with Gasteiger partial charge < -0.3 is 10.6 Å². The van der Waals surface area contributed by atoms with Crippen LogP contribution in [0.15, 0.2) is 42.6 Å². The van der Waals surface area contributed by atoms with Crippen LogP contribution in [0.1, 0.15) is 29.7 Å². The minimum absolute atomic E-state index is 0.0545. The van der Waals surface area contributed by atoms with E-state index in [1.54, 1.807) is 0 Å². The fourth-order valence-corrected chi connectivity index (χ4v) is 2.58. The summed E-state index contributed by atoms with van der Waals surface area (Å²) in [6.07, 6.45) is 2.94. The van der Waals surface area contributed by atoms with Crippen LogP contribution >= 0.6 is 0 Å². The maximum absolute atomic E-state index is 5.94. The van der Waals surface area contributed by atoms with Gasteiger partial charge in [-0.25, -0.2) is 4.98 Å².